The number of allylic oxidation sites excluding steroid dienone is 2. The fourth-order valence-electron chi connectivity index (χ4n) is 5.00. The number of nitrogens with zero attached hydrogens (tertiary/aromatic N) is 1. The van der Waals surface area contributed by atoms with Gasteiger partial charge in [-0.25, -0.2) is 0 Å². The second-order valence-electron chi connectivity index (χ2n) is 6.13. The van der Waals surface area contributed by atoms with E-state index in [1.54, 1.807) is 6.08 Å². The summed E-state index contributed by atoms with van der Waals surface area (Å²) in [6.45, 7) is 0. The van der Waals surface area contributed by atoms with E-state index in [1.165, 1.54) is 44.2 Å². The first kappa shape index (κ1) is 10.2. The number of nitriles is 1. The summed E-state index contributed by atoms with van der Waals surface area (Å²) in [6, 6.07) is 2.22. The van der Waals surface area contributed by atoms with Crippen molar-refractivity contribution in [3.63, 3.8) is 0 Å². The summed E-state index contributed by atoms with van der Waals surface area (Å²) in [7, 11) is 1.97. The predicted octanol–water partition coefficient (Wildman–Crippen LogP) is 2.83. The van der Waals surface area contributed by atoms with Gasteiger partial charge in [0, 0.05) is 24.2 Å². The van der Waals surface area contributed by atoms with Crippen LogP contribution >= 0.6 is 0 Å². The molecule has 1 N–H and O–H groups in total. The molecule has 2 heteroatoms. The molecule has 0 aromatic rings. The standard InChI is InChI=1S/C14H20N2/c1-16-13(2-3-15)14-7-10-4-11(8-14)6-12(5-10)9-14/h2,10-12,16H,4-9H2,1H3/b13-2-. The minimum absolute atomic E-state index is 0.346. The van der Waals surface area contributed by atoms with Gasteiger partial charge in [0.2, 0.25) is 0 Å². The third-order valence-corrected chi connectivity index (χ3v) is 5.09. The molecule has 4 aliphatic rings. The largest absolute Gasteiger partial charge is 0.390 e. The topological polar surface area (TPSA) is 35.8 Å². The fourth-order valence-corrected chi connectivity index (χ4v) is 5.00. The van der Waals surface area contributed by atoms with Gasteiger partial charge in [-0.1, -0.05) is 0 Å². The lowest BCUT2D eigenvalue weighted by molar-refractivity contribution is -0.0333. The maximum atomic E-state index is 8.90. The van der Waals surface area contributed by atoms with Gasteiger partial charge in [-0.15, -0.1) is 0 Å². The van der Waals surface area contributed by atoms with Crippen LogP contribution in [-0.4, -0.2) is 7.05 Å². The Kier molecular flexibility index (Phi) is 2.24. The van der Waals surface area contributed by atoms with Crippen molar-refractivity contribution in [2.24, 2.45) is 23.2 Å². The summed E-state index contributed by atoms with van der Waals surface area (Å²) in [6.07, 6.45) is 10.1. The highest BCUT2D eigenvalue weighted by Gasteiger charge is 2.52. The molecule has 0 radical (unpaired) electrons. The van der Waals surface area contributed by atoms with Gasteiger partial charge in [0.05, 0.1) is 6.07 Å². The van der Waals surface area contributed by atoms with Crippen molar-refractivity contribution in [1.82, 2.24) is 5.32 Å². The predicted molar refractivity (Wildman–Crippen MR) is 63.4 cm³/mol. The molecule has 0 aromatic heterocycles. The van der Waals surface area contributed by atoms with E-state index in [2.05, 4.69) is 11.4 Å². The molecular weight excluding hydrogens is 196 g/mol. The fraction of sp³-hybridized carbons (Fsp3) is 0.786. The molecule has 0 amide bonds. The normalized spacial score (nSPS) is 45.5. The smallest absolute Gasteiger partial charge is 0.0930 e. The van der Waals surface area contributed by atoms with Gasteiger partial charge in [-0.05, 0) is 56.3 Å². The molecule has 16 heavy (non-hydrogen) atoms. The molecule has 4 saturated carbocycles. The molecule has 4 rings (SSSR count). The average molecular weight is 216 g/mol. The van der Waals surface area contributed by atoms with E-state index in [0.29, 0.717) is 5.41 Å². The Bertz CT molecular complexity index is 326. The van der Waals surface area contributed by atoms with Crippen molar-refractivity contribution in [1.29, 1.82) is 5.26 Å². The van der Waals surface area contributed by atoms with Gasteiger partial charge < -0.3 is 5.32 Å². The minimum atomic E-state index is 0.346. The van der Waals surface area contributed by atoms with Crippen molar-refractivity contribution >= 4 is 0 Å². The zero-order valence-corrected chi connectivity index (χ0v) is 10.00. The first-order valence-electron chi connectivity index (χ1n) is 6.54. The summed E-state index contributed by atoms with van der Waals surface area (Å²) < 4.78 is 0. The van der Waals surface area contributed by atoms with Crippen LogP contribution in [0, 0.1) is 34.5 Å². The molecule has 0 aliphatic heterocycles. The van der Waals surface area contributed by atoms with E-state index in [1.807, 2.05) is 7.05 Å². The van der Waals surface area contributed by atoms with Gasteiger partial charge in [0.25, 0.3) is 0 Å². The molecule has 86 valence electrons. The maximum absolute atomic E-state index is 8.90. The van der Waals surface area contributed by atoms with Crippen LogP contribution in [0.4, 0.5) is 0 Å². The molecule has 0 spiro atoms. The van der Waals surface area contributed by atoms with E-state index in [9.17, 15) is 0 Å². The molecule has 0 unspecified atom stereocenters. The van der Waals surface area contributed by atoms with E-state index in [4.69, 9.17) is 5.26 Å². The number of nitrogens with one attached hydrogen (secondary N) is 1. The molecule has 0 atom stereocenters. The summed E-state index contributed by atoms with van der Waals surface area (Å²) in [4.78, 5) is 0. The van der Waals surface area contributed by atoms with Crippen LogP contribution in [0.15, 0.2) is 11.8 Å². The minimum Gasteiger partial charge on any atom is -0.390 e. The summed E-state index contributed by atoms with van der Waals surface area (Å²) >= 11 is 0. The van der Waals surface area contributed by atoms with Crippen LogP contribution in [-0.2, 0) is 0 Å². The van der Waals surface area contributed by atoms with Gasteiger partial charge in [-0.2, -0.15) is 5.26 Å². The van der Waals surface area contributed by atoms with Crippen LogP contribution in [0.2, 0.25) is 0 Å². The highest BCUT2D eigenvalue weighted by Crippen LogP contribution is 2.62. The van der Waals surface area contributed by atoms with Crippen molar-refractivity contribution < 1.29 is 0 Å². The molecule has 0 saturated heterocycles. The molecular formula is C14H20N2. The lowest BCUT2D eigenvalue weighted by atomic mass is 9.48. The first-order valence-corrected chi connectivity index (χ1v) is 6.54. The zero-order chi connectivity index (χ0) is 11.2. The van der Waals surface area contributed by atoms with Crippen LogP contribution in [0.5, 0.6) is 0 Å². The summed E-state index contributed by atoms with van der Waals surface area (Å²) in [5.74, 6) is 2.84. The monoisotopic (exact) mass is 216 g/mol. The Hall–Kier alpha value is -0.970. The van der Waals surface area contributed by atoms with Crippen LogP contribution < -0.4 is 5.32 Å². The lowest BCUT2D eigenvalue weighted by Gasteiger charge is -2.57. The number of rotatable bonds is 2. The van der Waals surface area contributed by atoms with Gasteiger partial charge in [0.15, 0.2) is 0 Å². The third kappa shape index (κ3) is 1.38. The SMILES string of the molecule is CN/C(=C\C#N)C12CC3CC(CC(C3)C1)C2. The van der Waals surface area contributed by atoms with Crippen molar-refractivity contribution in [2.45, 2.75) is 38.5 Å². The quantitative estimate of drug-likeness (QED) is 0.720. The molecule has 4 bridgehead atoms. The van der Waals surface area contributed by atoms with Gasteiger partial charge in [-0.3, -0.25) is 0 Å². The van der Waals surface area contributed by atoms with E-state index < -0.39 is 0 Å². The zero-order valence-electron chi connectivity index (χ0n) is 10.00. The summed E-state index contributed by atoms with van der Waals surface area (Å²) in [5.41, 5.74) is 1.56. The molecule has 2 nitrogen and oxygen atoms in total. The van der Waals surface area contributed by atoms with Crippen molar-refractivity contribution in [3.8, 4) is 6.07 Å². The second kappa shape index (κ2) is 3.52. The van der Waals surface area contributed by atoms with E-state index in [0.717, 1.165) is 17.8 Å². The summed E-state index contributed by atoms with van der Waals surface area (Å²) in [5, 5.41) is 12.2. The van der Waals surface area contributed by atoms with E-state index in [-0.39, 0.29) is 0 Å². The Morgan fingerprint density at radius 1 is 1.19 bits per heavy atom. The Morgan fingerprint density at radius 2 is 1.69 bits per heavy atom. The van der Waals surface area contributed by atoms with Crippen LogP contribution in [0.1, 0.15) is 38.5 Å². The van der Waals surface area contributed by atoms with E-state index >= 15 is 0 Å². The van der Waals surface area contributed by atoms with Crippen molar-refractivity contribution in [3.05, 3.63) is 11.8 Å². The van der Waals surface area contributed by atoms with Gasteiger partial charge >= 0.3 is 0 Å². The molecule has 0 heterocycles. The first-order chi connectivity index (χ1) is 7.75. The highest BCUT2D eigenvalue weighted by atomic mass is 14.9. The lowest BCUT2D eigenvalue weighted by Crippen LogP contribution is -2.48. The average Bonchev–Trinajstić information content (AvgIpc) is 2.23. The Labute approximate surface area is 97.7 Å². The van der Waals surface area contributed by atoms with Crippen molar-refractivity contribution in [2.75, 3.05) is 7.05 Å². The Morgan fingerprint density at radius 3 is 2.06 bits per heavy atom. The Balaban J connectivity index is 1.94. The maximum Gasteiger partial charge on any atom is 0.0930 e. The molecule has 4 fully saturated rings. The third-order valence-electron chi connectivity index (χ3n) is 5.09. The molecule has 0 aromatic carbocycles. The highest BCUT2D eigenvalue weighted by molar-refractivity contribution is 5.24. The number of hydrogen-bond acceptors (Lipinski definition) is 2. The molecule has 4 aliphatic carbocycles. The van der Waals surface area contributed by atoms with Crippen LogP contribution in [0.3, 0.4) is 0 Å². The second-order valence-corrected chi connectivity index (χ2v) is 6.13. The number of hydrogen-bond donors (Lipinski definition) is 1. The van der Waals surface area contributed by atoms with Gasteiger partial charge in [0.1, 0.15) is 0 Å². The van der Waals surface area contributed by atoms with Crippen LogP contribution in [0.25, 0.3) is 0 Å².